The highest BCUT2D eigenvalue weighted by Gasteiger charge is 2.26. The molecule has 0 aromatic carbocycles. The van der Waals surface area contributed by atoms with Crippen molar-refractivity contribution in [3.05, 3.63) is 28.9 Å². The molecule has 0 unspecified atom stereocenters. The lowest BCUT2D eigenvalue weighted by Crippen LogP contribution is -2.14. The van der Waals surface area contributed by atoms with Crippen LogP contribution in [0.15, 0.2) is 17.5 Å². The predicted octanol–water partition coefficient (Wildman–Crippen LogP) is 3.69. The summed E-state index contributed by atoms with van der Waals surface area (Å²) in [6.45, 7) is 6.17. The summed E-state index contributed by atoms with van der Waals surface area (Å²) in [5, 5.41) is 16.8. The zero-order chi connectivity index (χ0) is 13.6. The number of rotatable bonds is 1. The van der Waals surface area contributed by atoms with Crippen molar-refractivity contribution in [2.45, 2.75) is 26.2 Å². The molecular weight excluding hydrogens is 276 g/mol. The Morgan fingerprint density at radius 2 is 2.16 bits per heavy atom. The molecule has 0 aliphatic rings. The molecule has 3 heterocycles. The Hall–Kier alpha value is -1.71. The number of thiophene rings is 1. The molecule has 0 radical (unpaired) electrons. The standard InChI is InChI=1S/C13H12N4S2/c1-13(2,3)10-8(7-14)17-12(15-10)19-11(16-17)9-5-4-6-18-9/h4-6H,1-3H3. The van der Waals surface area contributed by atoms with Gasteiger partial charge in [0.05, 0.1) is 10.6 Å². The van der Waals surface area contributed by atoms with Gasteiger partial charge in [-0.15, -0.1) is 11.3 Å². The fourth-order valence-corrected chi connectivity index (χ4v) is 3.56. The minimum atomic E-state index is -0.151. The van der Waals surface area contributed by atoms with E-state index in [1.54, 1.807) is 15.9 Å². The van der Waals surface area contributed by atoms with E-state index in [1.165, 1.54) is 11.3 Å². The second-order valence-electron chi connectivity index (χ2n) is 5.25. The first-order valence-electron chi connectivity index (χ1n) is 5.85. The second-order valence-corrected chi connectivity index (χ2v) is 7.15. The third-order valence-corrected chi connectivity index (χ3v) is 4.70. The molecule has 4 nitrogen and oxygen atoms in total. The Morgan fingerprint density at radius 3 is 2.74 bits per heavy atom. The van der Waals surface area contributed by atoms with Gasteiger partial charge in [-0.2, -0.15) is 14.9 Å². The number of nitrogens with zero attached hydrogens (tertiary/aromatic N) is 4. The first-order valence-corrected chi connectivity index (χ1v) is 7.54. The van der Waals surface area contributed by atoms with Crippen molar-refractivity contribution < 1.29 is 0 Å². The van der Waals surface area contributed by atoms with Crippen molar-refractivity contribution in [3.63, 3.8) is 0 Å². The minimum Gasteiger partial charge on any atom is -0.221 e. The molecule has 3 aromatic rings. The van der Waals surface area contributed by atoms with E-state index in [0.29, 0.717) is 5.69 Å². The fourth-order valence-electron chi connectivity index (χ4n) is 1.87. The SMILES string of the molecule is CC(C)(C)c1nc2sc(-c3cccs3)nn2c1C#N. The number of hydrogen-bond acceptors (Lipinski definition) is 5. The van der Waals surface area contributed by atoms with Crippen LogP contribution in [0.5, 0.6) is 0 Å². The lowest BCUT2D eigenvalue weighted by atomic mass is 9.91. The Balaban J connectivity index is 2.22. The van der Waals surface area contributed by atoms with E-state index in [-0.39, 0.29) is 5.41 Å². The van der Waals surface area contributed by atoms with E-state index in [9.17, 15) is 5.26 Å². The first kappa shape index (κ1) is 12.3. The average Bonchev–Trinajstić information content (AvgIpc) is 3.01. The summed E-state index contributed by atoms with van der Waals surface area (Å²) in [6.07, 6.45) is 0. The molecule has 0 bridgehead atoms. The molecule has 0 aliphatic heterocycles. The van der Waals surface area contributed by atoms with E-state index >= 15 is 0 Å². The normalized spacial score (nSPS) is 11.9. The maximum Gasteiger partial charge on any atom is 0.214 e. The van der Waals surface area contributed by atoms with Crippen LogP contribution < -0.4 is 0 Å². The molecule has 0 spiro atoms. The van der Waals surface area contributed by atoms with Gasteiger partial charge in [0.2, 0.25) is 4.96 Å². The van der Waals surface area contributed by atoms with E-state index in [2.05, 4.69) is 36.9 Å². The maximum absolute atomic E-state index is 9.36. The van der Waals surface area contributed by atoms with Gasteiger partial charge in [-0.3, -0.25) is 0 Å². The van der Waals surface area contributed by atoms with Gasteiger partial charge in [0, 0.05) is 5.41 Å². The van der Waals surface area contributed by atoms with Gasteiger partial charge < -0.3 is 0 Å². The van der Waals surface area contributed by atoms with Crippen LogP contribution in [0.2, 0.25) is 0 Å². The second kappa shape index (κ2) is 4.15. The van der Waals surface area contributed by atoms with Crippen molar-refractivity contribution in [3.8, 4) is 16.0 Å². The Kier molecular flexibility index (Phi) is 2.69. The summed E-state index contributed by atoms with van der Waals surface area (Å²) in [5.41, 5.74) is 1.20. The van der Waals surface area contributed by atoms with Crippen molar-refractivity contribution in [2.75, 3.05) is 0 Å². The van der Waals surface area contributed by atoms with Crippen LogP contribution >= 0.6 is 22.7 Å². The summed E-state index contributed by atoms with van der Waals surface area (Å²) >= 11 is 3.16. The lowest BCUT2D eigenvalue weighted by Gasteiger charge is -2.14. The van der Waals surface area contributed by atoms with Gasteiger partial charge >= 0.3 is 0 Å². The molecule has 3 aromatic heterocycles. The monoisotopic (exact) mass is 288 g/mol. The van der Waals surface area contributed by atoms with Gasteiger partial charge in [0.1, 0.15) is 6.07 Å². The van der Waals surface area contributed by atoms with Crippen molar-refractivity contribution in [2.24, 2.45) is 0 Å². The third kappa shape index (κ3) is 1.95. The lowest BCUT2D eigenvalue weighted by molar-refractivity contribution is 0.570. The van der Waals surface area contributed by atoms with Crippen LogP contribution in [0.1, 0.15) is 32.2 Å². The van der Waals surface area contributed by atoms with Crippen LogP contribution in [0.4, 0.5) is 0 Å². The predicted molar refractivity (Wildman–Crippen MR) is 77.6 cm³/mol. The smallest absolute Gasteiger partial charge is 0.214 e. The molecule has 0 atom stereocenters. The highest BCUT2D eigenvalue weighted by molar-refractivity contribution is 7.23. The molecule has 0 amide bonds. The number of fused-ring (bicyclic) bond motifs is 1. The van der Waals surface area contributed by atoms with E-state index in [0.717, 1.165) is 20.5 Å². The molecule has 19 heavy (non-hydrogen) atoms. The molecule has 6 heteroatoms. The first-order chi connectivity index (χ1) is 9.00. The Bertz CT molecular complexity index is 766. The highest BCUT2D eigenvalue weighted by Crippen LogP contribution is 2.32. The zero-order valence-electron chi connectivity index (χ0n) is 10.8. The average molecular weight is 288 g/mol. The molecule has 0 saturated carbocycles. The molecule has 0 fully saturated rings. The quantitative estimate of drug-likeness (QED) is 0.686. The van der Waals surface area contributed by atoms with E-state index in [4.69, 9.17) is 0 Å². The van der Waals surface area contributed by atoms with Gasteiger partial charge in [0.25, 0.3) is 0 Å². The van der Waals surface area contributed by atoms with Gasteiger partial charge in [-0.1, -0.05) is 38.2 Å². The number of aromatic nitrogens is 3. The van der Waals surface area contributed by atoms with Crippen LogP contribution in [-0.4, -0.2) is 14.6 Å². The minimum absolute atomic E-state index is 0.151. The zero-order valence-corrected chi connectivity index (χ0v) is 12.5. The van der Waals surface area contributed by atoms with Crippen molar-refractivity contribution in [1.29, 1.82) is 5.26 Å². The van der Waals surface area contributed by atoms with Gasteiger partial charge in [-0.05, 0) is 11.4 Å². The highest BCUT2D eigenvalue weighted by atomic mass is 32.1. The van der Waals surface area contributed by atoms with E-state index < -0.39 is 0 Å². The fraction of sp³-hybridized carbons (Fsp3) is 0.308. The van der Waals surface area contributed by atoms with Crippen LogP contribution in [0.3, 0.4) is 0 Å². The van der Waals surface area contributed by atoms with E-state index in [1.807, 2.05) is 17.5 Å². The van der Waals surface area contributed by atoms with Crippen LogP contribution in [0, 0.1) is 11.3 Å². The van der Waals surface area contributed by atoms with Gasteiger partial charge in [-0.25, -0.2) is 4.98 Å². The van der Waals surface area contributed by atoms with Crippen molar-refractivity contribution in [1.82, 2.24) is 14.6 Å². The Morgan fingerprint density at radius 1 is 1.37 bits per heavy atom. The van der Waals surface area contributed by atoms with Crippen LogP contribution in [0.25, 0.3) is 14.8 Å². The summed E-state index contributed by atoms with van der Waals surface area (Å²) in [7, 11) is 0. The molecule has 0 aliphatic carbocycles. The molecule has 3 rings (SSSR count). The largest absolute Gasteiger partial charge is 0.221 e. The molecule has 0 N–H and O–H groups in total. The topological polar surface area (TPSA) is 54.0 Å². The van der Waals surface area contributed by atoms with Crippen molar-refractivity contribution >= 4 is 27.6 Å². The number of nitriles is 1. The Labute approximate surface area is 119 Å². The number of hydrogen-bond donors (Lipinski definition) is 0. The third-order valence-electron chi connectivity index (χ3n) is 2.75. The summed E-state index contributed by atoms with van der Waals surface area (Å²) in [4.78, 5) is 6.48. The maximum atomic E-state index is 9.36. The molecule has 0 saturated heterocycles. The molecular formula is C13H12N4S2. The molecule has 96 valence electrons. The summed E-state index contributed by atoms with van der Waals surface area (Å²) in [5.74, 6) is 0. The summed E-state index contributed by atoms with van der Waals surface area (Å²) < 4.78 is 1.67. The summed E-state index contributed by atoms with van der Waals surface area (Å²) in [6, 6.07) is 6.26. The van der Waals surface area contributed by atoms with Gasteiger partial charge in [0.15, 0.2) is 10.7 Å². The van der Waals surface area contributed by atoms with Crippen LogP contribution in [-0.2, 0) is 5.41 Å². The number of imidazole rings is 1.